The van der Waals surface area contributed by atoms with Crippen molar-refractivity contribution < 1.29 is 17.9 Å². The number of carbonyl (C=O) groups is 1. The van der Waals surface area contributed by atoms with Crippen LogP contribution in [0.2, 0.25) is 0 Å². The Hall–Kier alpha value is -1.93. The summed E-state index contributed by atoms with van der Waals surface area (Å²) in [6.07, 6.45) is 0.316. The summed E-state index contributed by atoms with van der Waals surface area (Å²) in [6, 6.07) is 16.1. The largest absolute Gasteiger partial charge is 0.378 e. The predicted molar refractivity (Wildman–Crippen MR) is 112 cm³/mol. The number of ether oxygens (including phenoxy) is 1. The zero-order chi connectivity index (χ0) is 19.1. The average Bonchev–Trinajstić information content (AvgIpc) is 2.62. The fourth-order valence-corrected chi connectivity index (χ4v) is 4.55. The molecule has 1 atom stereocenters. The highest BCUT2D eigenvalue weighted by atomic mass is 35.5. The number of hydrogen-bond donors (Lipinski definition) is 2. The zero-order valence-electron chi connectivity index (χ0n) is 15.5. The number of morpholine rings is 1. The maximum Gasteiger partial charge on any atom is 0.226 e. The van der Waals surface area contributed by atoms with Crippen LogP contribution in [0.1, 0.15) is 17.5 Å². The summed E-state index contributed by atoms with van der Waals surface area (Å²) in [7, 11) is -3.29. The lowest BCUT2D eigenvalue weighted by Gasteiger charge is -2.23. The molecule has 1 heterocycles. The molecule has 0 aromatic heterocycles. The first-order chi connectivity index (χ1) is 13.0. The molecule has 1 fully saturated rings. The van der Waals surface area contributed by atoms with Crippen molar-refractivity contribution in [2.75, 3.05) is 25.1 Å². The van der Waals surface area contributed by atoms with Gasteiger partial charge in [-0.05, 0) is 23.3 Å². The van der Waals surface area contributed by atoms with Crippen molar-refractivity contribution in [2.24, 2.45) is 0 Å². The summed E-state index contributed by atoms with van der Waals surface area (Å²) >= 11 is 0. The van der Waals surface area contributed by atoms with E-state index in [1.807, 2.05) is 18.2 Å². The third-order valence-corrected chi connectivity index (χ3v) is 5.80. The maximum atomic E-state index is 12.5. The van der Waals surface area contributed by atoms with E-state index in [0.29, 0.717) is 30.9 Å². The first-order valence-corrected chi connectivity index (χ1v) is 10.8. The molecule has 1 aliphatic heterocycles. The van der Waals surface area contributed by atoms with Gasteiger partial charge in [0.15, 0.2) is 9.84 Å². The second-order valence-electron chi connectivity index (χ2n) is 6.70. The lowest BCUT2D eigenvalue weighted by molar-refractivity contribution is -0.117. The number of anilines is 1. The summed E-state index contributed by atoms with van der Waals surface area (Å²) in [5.41, 5.74) is 2.02. The molecule has 152 valence electrons. The van der Waals surface area contributed by atoms with Gasteiger partial charge in [-0.1, -0.05) is 42.5 Å². The lowest BCUT2D eigenvalue weighted by atomic mass is 10.1. The van der Waals surface area contributed by atoms with Gasteiger partial charge in [-0.2, -0.15) is 0 Å². The van der Waals surface area contributed by atoms with E-state index in [1.165, 1.54) is 0 Å². The molecule has 28 heavy (non-hydrogen) atoms. The number of hydrogen-bond acceptors (Lipinski definition) is 5. The normalized spacial score (nSPS) is 16.8. The molecule has 0 radical (unpaired) electrons. The second kappa shape index (κ2) is 10.6. The number of benzene rings is 2. The van der Waals surface area contributed by atoms with Crippen LogP contribution < -0.4 is 10.6 Å². The molecular formula is C20H25ClN2O4S. The zero-order valence-corrected chi connectivity index (χ0v) is 17.1. The van der Waals surface area contributed by atoms with Crippen molar-refractivity contribution >= 4 is 33.8 Å². The Morgan fingerprint density at radius 1 is 1.07 bits per heavy atom. The Kier molecular flexibility index (Phi) is 8.44. The van der Waals surface area contributed by atoms with E-state index in [-0.39, 0.29) is 35.9 Å². The second-order valence-corrected chi connectivity index (χ2v) is 8.76. The molecule has 0 aliphatic carbocycles. The van der Waals surface area contributed by atoms with Crippen molar-refractivity contribution in [1.82, 2.24) is 5.32 Å². The van der Waals surface area contributed by atoms with Gasteiger partial charge in [-0.15, -0.1) is 12.4 Å². The van der Waals surface area contributed by atoms with Crippen molar-refractivity contribution in [3.05, 3.63) is 65.7 Å². The molecular weight excluding hydrogens is 400 g/mol. The first kappa shape index (κ1) is 22.4. The van der Waals surface area contributed by atoms with E-state index < -0.39 is 9.84 Å². The summed E-state index contributed by atoms with van der Waals surface area (Å²) in [6.45, 7) is 1.93. The van der Waals surface area contributed by atoms with E-state index >= 15 is 0 Å². The topological polar surface area (TPSA) is 84.5 Å². The van der Waals surface area contributed by atoms with E-state index in [4.69, 9.17) is 4.74 Å². The summed E-state index contributed by atoms with van der Waals surface area (Å²) in [5, 5.41) is 6.07. The number of amides is 1. The highest BCUT2D eigenvalue weighted by Gasteiger charge is 2.17. The third kappa shape index (κ3) is 7.24. The van der Waals surface area contributed by atoms with E-state index in [2.05, 4.69) is 10.6 Å². The molecule has 1 unspecified atom stereocenters. The molecule has 0 bridgehead atoms. The van der Waals surface area contributed by atoms with Gasteiger partial charge in [0.05, 0.1) is 24.7 Å². The van der Waals surface area contributed by atoms with Crippen LogP contribution in [0.3, 0.4) is 0 Å². The minimum Gasteiger partial charge on any atom is -0.378 e. The van der Waals surface area contributed by atoms with Gasteiger partial charge in [-0.3, -0.25) is 4.79 Å². The quantitative estimate of drug-likeness (QED) is 0.713. The highest BCUT2D eigenvalue weighted by Crippen LogP contribution is 2.17. The minimum atomic E-state index is -3.29. The SMILES string of the molecule is Cl.O=C(CC1COCCN1)Nc1cccc(CS(=O)(=O)Cc2ccccc2)c1. The van der Waals surface area contributed by atoms with Crippen LogP contribution in [0.4, 0.5) is 5.69 Å². The van der Waals surface area contributed by atoms with Crippen LogP contribution in [-0.4, -0.2) is 40.1 Å². The van der Waals surface area contributed by atoms with Gasteiger partial charge >= 0.3 is 0 Å². The fourth-order valence-electron chi connectivity index (χ4n) is 3.06. The molecule has 0 saturated carbocycles. The molecule has 0 spiro atoms. The lowest BCUT2D eigenvalue weighted by Crippen LogP contribution is -2.43. The highest BCUT2D eigenvalue weighted by molar-refractivity contribution is 7.89. The summed E-state index contributed by atoms with van der Waals surface area (Å²) in [4.78, 5) is 12.2. The van der Waals surface area contributed by atoms with Gasteiger partial charge < -0.3 is 15.4 Å². The van der Waals surface area contributed by atoms with E-state index in [1.54, 1.807) is 36.4 Å². The van der Waals surface area contributed by atoms with Crippen molar-refractivity contribution in [3.8, 4) is 0 Å². The van der Waals surface area contributed by atoms with Crippen LogP contribution in [-0.2, 0) is 30.9 Å². The molecule has 1 aliphatic rings. The molecule has 8 heteroatoms. The van der Waals surface area contributed by atoms with E-state index in [0.717, 1.165) is 12.1 Å². The Morgan fingerprint density at radius 2 is 1.79 bits per heavy atom. The number of sulfone groups is 1. The molecule has 3 rings (SSSR count). The van der Waals surface area contributed by atoms with E-state index in [9.17, 15) is 13.2 Å². The number of carbonyl (C=O) groups excluding carboxylic acids is 1. The number of halogens is 1. The number of nitrogens with one attached hydrogen (secondary N) is 2. The standard InChI is InChI=1S/C20H24N2O4S.ClH/c23-20(12-19-13-26-10-9-21-19)22-18-8-4-7-17(11-18)15-27(24,25)14-16-5-2-1-3-6-16;/h1-8,11,19,21H,9-10,12-15H2,(H,22,23);1H. The summed E-state index contributed by atoms with van der Waals surface area (Å²) in [5.74, 6) is -0.191. The van der Waals surface area contributed by atoms with Crippen LogP contribution in [0.25, 0.3) is 0 Å². The van der Waals surface area contributed by atoms with Crippen LogP contribution in [0, 0.1) is 0 Å². The smallest absolute Gasteiger partial charge is 0.226 e. The van der Waals surface area contributed by atoms with Gasteiger partial charge in [0.2, 0.25) is 5.91 Å². The fraction of sp³-hybridized carbons (Fsp3) is 0.350. The van der Waals surface area contributed by atoms with Crippen molar-refractivity contribution in [3.63, 3.8) is 0 Å². The van der Waals surface area contributed by atoms with Gasteiger partial charge in [0.1, 0.15) is 0 Å². The molecule has 1 saturated heterocycles. The Bertz CT molecular complexity index is 869. The monoisotopic (exact) mass is 424 g/mol. The molecule has 2 aromatic carbocycles. The third-order valence-electron chi connectivity index (χ3n) is 4.26. The van der Waals surface area contributed by atoms with Crippen molar-refractivity contribution in [2.45, 2.75) is 24.0 Å². The summed E-state index contributed by atoms with van der Waals surface area (Å²) < 4.78 is 30.3. The Balaban J connectivity index is 0.00000280. The van der Waals surface area contributed by atoms with Gasteiger partial charge in [-0.25, -0.2) is 8.42 Å². The average molecular weight is 425 g/mol. The molecule has 2 aromatic rings. The van der Waals surface area contributed by atoms with Crippen molar-refractivity contribution in [1.29, 1.82) is 0 Å². The van der Waals surface area contributed by atoms with Crippen LogP contribution >= 0.6 is 12.4 Å². The predicted octanol–water partition coefficient (Wildman–Crippen LogP) is 2.54. The molecule has 2 N–H and O–H groups in total. The molecule has 1 amide bonds. The Morgan fingerprint density at radius 3 is 2.50 bits per heavy atom. The minimum absolute atomic E-state index is 0. The molecule has 6 nitrogen and oxygen atoms in total. The maximum absolute atomic E-state index is 12.5. The Labute approximate surface area is 172 Å². The van der Waals surface area contributed by atoms with Gasteiger partial charge in [0.25, 0.3) is 0 Å². The number of rotatable bonds is 7. The first-order valence-electron chi connectivity index (χ1n) is 8.94. The van der Waals surface area contributed by atoms with Crippen LogP contribution in [0.15, 0.2) is 54.6 Å². The van der Waals surface area contributed by atoms with Gasteiger partial charge in [0, 0.05) is 24.7 Å². The van der Waals surface area contributed by atoms with Crippen LogP contribution in [0.5, 0.6) is 0 Å².